The number of hydrogen-bond donors (Lipinski definition) is 1. The molecular weight excluding hydrogens is 438 g/mol. The van der Waals surface area contributed by atoms with Crippen molar-refractivity contribution in [2.24, 2.45) is 0 Å². The molecule has 2 heterocycles. The highest BCUT2D eigenvalue weighted by Crippen LogP contribution is 2.31. The van der Waals surface area contributed by atoms with E-state index < -0.39 is 10.0 Å². The minimum Gasteiger partial charge on any atom is -0.497 e. The summed E-state index contributed by atoms with van der Waals surface area (Å²) < 4.78 is 38.6. The summed E-state index contributed by atoms with van der Waals surface area (Å²) in [4.78, 5) is 17.1. The molecule has 1 aromatic carbocycles. The monoisotopic (exact) mass is 457 g/mol. The molecule has 1 aliphatic heterocycles. The van der Waals surface area contributed by atoms with E-state index in [0.29, 0.717) is 24.5 Å². The third kappa shape index (κ3) is 3.97. The number of aromatic amines is 1. The Labute approximate surface area is 166 Å². The highest BCUT2D eigenvalue weighted by Gasteiger charge is 2.33. The van der Waals surface area contributed by atoms with Gasteiger partial charge in [0, 0.05) is 42.9 Å². The van der Waals surface area contributed by atoms with Gasteiger partial charge < -0.3 is 19.4 Å². The molecule has 10 heteroatoms. The maximum Gasteiger partial charge on any atom is 0.270 e. The normalized spacial score (nSPS) is 15.6. The van der Waals surface area contributed by atoms with Crippen molar-refractivity contribution in [3.05, 3.63) is 40.6 Å². The van der Waals surface area contributed by atoms with Crippen LogP contribution < -0.4 is 9.47 Å². The van der Waals surface area contributed by atoms with E-state index in [1.165, 1.54) is 24.6 Å². The molecule has 0 saturated carbocycles. The summed E-state index contributed by atoms with van der Waals surface area (Å²) >= 11 is 3.30. The van der Waals surface area contributed by atoms with Crippen molar-refractivity contribution in [3.63, 3.8) is 0 Å². The van der Waals surface area contributed by atoms with E-state index in [1.807, 2.05) is 0 Å². The molecule has 0 unspecified atom stereocenters. The van der Waals surface area contributed by atoms with Crippen molar-refractivity contribution in [2.75, 3.05) is 40.4 Å². The Morgan fingerprint density at radius 1 is 1.11 bits per heavy atom. The molecule has 1 amide bonds. The summed E-state index contributed by atoms with van der Waals surface area (Å²) in [6.07, 6.45) is 1.68. The highest BCUT2D eigenvalue weighted by molar-refractivity contribution is 9.10. The summed E-state index contributed by atoms with van der Waals surface area (Å²) in [6.45, 7) is 1.02. The van der Waals surface area contributed by atoms with Crippen molar-refractivity contribution in [1.29, 1.82) is 0 Å². The van der Waals surface area contributed by atoms with Gasteiger partial charge in [0.05, 0.1) is 14.2 Å². The van der Waals surface area contributed by atoms with Gasteiger partial charge in [0.1, 0.15) is 22.1 Å². The van der Waals surface area contributed by atoms with Crippen LogP contribution in [0.3, 0.4) is 0 Å². The van der Waals surface area contributed by atoms with Crippen molar-refractivity contribution < 1.29 is 22.7 Å². The number of amides is 1. The SMILES string of the molecule is COc1ccc(OC)c(S(=O)(=O)N2CCN(C(=O)c3cc(Br)c[nH]3)CC2)c1. The number of benzene rings is 1. The summed E-state index contributed by atoms with van der Waals surface area (Å²) in [5, 5.41) is 0. The van der Waals surface area contributed by atoms with Crippen molar-refractivity contribution in [3.8, 4) is 11.5 Å². The first kappa shape index (κ1) is 19.7. The van der Waals surface area contributed by atoms with Crippen LogP contribution in [0.25, 0.3) is 0 Å². The zero-order valence-electron chi connectivity index (χ0n) is 14.9. The lowest BCUT2D eigenvalue weighted by molar-refractivity contribution is 0.0692. The highest BCUT2D eigenvalue weighted by atomic mass is 79.9. The number of hydrogen-bond acceptors (Lipinski definition) is 5. The Balaban J connectivity index is 1.76. The van der Waals surface area contributed by atoms with Gasteiger partial charge in [-0.1, -0.05) is 0 Å². The second kappa shape index (κ2) is 7.91. The zero-order chi connectivity index (χ0) is 19.6. The maximum absolute atomic E-state index is 13.1. The number of aromatic nitrogens is 1. The fourth-order valence-corrected chi connectivity index (χ4v) is 4.85. The number of halogens is 1. The molecular formula is C17H20BrN3O5S. The van der Waals surface area contributed by atoms with Crippen LogP contribution in [-0.4, -0.2) is 68.9 Å². The smallest absolute Gasteiger partial charge is 0.270 e. The van der Waals surface area contributed by atoms with Crippen molar-refractivity contribution in [1.82, 2.24) is 14.2 Å². The number of nitrogens with zero attached hydrogens (tertiary/aromatic N) is 2. The van der Waals surface area contributed by atoms with Gasteiger partial charge in [-0.25, -0.2) is 8.42 Å². The first-order chi connectivity index (χ1) is 12.9. The van der Waals surface area contributed by atoms with Crippen LogP contribution in [0, 0.1) is 0 Å². The van der Waals surface area contributed by atoms with Gasteiger partial charge in [-0.3, -0.25) is 4.79 Å². The molecule has 8 nitrogen and oxygen atoms in total. The third-order valence-corrected chi connectivity index (χ3v) is 6.77. The van der Waals surface area contributed by atoms with E-state index >= 15 is 0 Å². The van der Waals surface area contributed by atoms with E-state index in [9.17, 15) is 13.2 Å². The van der Waals surface area contributed by atoms with Crippen LogP contribution >= 0.6 is 15.9 Å². The Kier molecular flexibility index (Phi) is 5.78. The second-order valence-electron chi connectivity index (χ2n) is 5.94. The lowest BCUT2D eigenvalue weighted by Crippen LogP contribution is -2.50. The molecule has 1 aromatic heterocycles. The number of piperazine rings is 1. The topological polar surface area (TPSA) is 91.9 Å². The summed E-state index contributed by atoms with van der Waals surface area (Å²) in [6, 6.07) is 6.35. The van der Waals surface area contributed by atoms with E-state index in [0.717, 1.165) is 4.47 Å². The largest absolute Gasteiger partial charge is 0.497 e. The van der Waals surface area contributed by atoms with Gasteiger partial charge in [-0.2, -0.15) is 4.31 Å². The number of methoxy groups -OCH3 is 2. The van der Waals surface area contributed by atoms with E-state index in [2.05, 4.69) is 20.9 Å². The lowest BCUT2D eigenvalue weighted by Gasteiger charge is -2.34. The van der Waals surface area contributed by atoms with Crippen molar-refractivity contribution >= 4 is 31.9 Å². The maximum atomic E-state index is 13.1. The number of carbonyl (C=O) groups is 1. The molecule has 0 aliphatic carbocycles. The van der Waals surface area contributed by atoms with Crippen LogP contribution in [0.4, 0.5) is 0 Å². The number of ether oxygens (including phenoxy) is 2. The Morgan fingerprint density at radius 2 is 1.81 bits per heavy atom. The van der Waals surface area contributed by atoms with Gasteiger partial charge >= 0.3 is 0 Å². The van der Waals surface area contributed by atoms with Gasteiger partial charge in [-0.05, 0) is 34.1 Å². The predicted octanol–water partition coefficient (Wildman–Crippen LogP) is 1.94. The Morgan fingerprint density at radius 3 is 2.37 bits per heavy atom. The number of H-pyrrole nitrogens is 1. The van der Waals surface area contributed by atoms with Crippen LogP contribution in [0.2, 0.25) is 0 Å². The molecule has 0 radical (unpaired) electrons. The molecule has 0 spiro atoms. The summed E-state index contributed by atoms with van der Waals surface area (Å²) in [5.74, 6) is 0.530. The molecule has 3 rings (SSSR count). The van der Waals surface area contributed by atoms with Crippen molar-refractivity contribution in [2.45, 2.75) is 4.90 Å². The summed E-state index contributed by atoms with van der Waals surface area (Å²) in [7, 11) is -0.876. The molecule has 1 N–H and O–H groups in total. The van der Waals surface area contributed by atoms with E-state index in [1.54, 1.807) is 29.3 Å². The van der Waals surface area contributed by atoms with Gasteiger partial charge in [0.2, 0.25) is 10.0 Å². The Hall–Kier alpha value is -2.04. The fraction of sp³-hybridized carbons (Fsp3) is 0.353. The standard InChI is InChI=1S/C17H20BrN3O5S/c1-25-13-3-4-15(26-2)16(10-13)27(23,24)21-7-5-20(6-8-21)17(22)14-9-12(18)11-19-14/h3-4,9-11,19H,5-8H2,1-2H3. The van der Waals surface area contributed by atoms with Crippen LogP contribution in [0.15, 0.2) is 39.8 Å². The van der Waals surface area contributed by atoms with Gasteiger partial charge in [-0.15, -0.1) is 0 Å². The number of nitrogens with one attached hydrogen (secondary N) is 1. The van der Waals surface area contributed by atoms with Crippen LogP contribution in [-0.2, 0) is 10.0 Å². The number of carbonyl (C=O) groups excluding carboxylic acids is 1. The first-order valence-electron chi connectivity index (χ1n) is 8.22. The van der Waals surface area contributed by atoms with Gasteiger partial charge in [0.25, 0.3) is 5.91 Å². The summed E-state index contributed by atoms with van der Waals surface area (Å²) in [5.41, 5.74) is 0.465. The predicted molar refractivity (Wildman–Crippen MR) is 103 cm³/mol. The molecule has 27 heavy (non-hydrogen) atoms. The average molecular weight is 458 g/mol. The minimum absolute atomic E-state index is 0.0532. The average Bonchev–Trinajstić information content (AvgIpc) is 3.13. The number of rotatable bonds is 5. The minimum atomic E-state index is -3.77. The van der Waals surface area contributed by atoms with E-state index in [4.69, 9.17) is 9.47 Å². The van der Waals surface area contributed by atoms with Gasteiger partial charge in [0.15, 0.2) is 0 Å². The molecule has 146 valence electrons. The lowest BCUT2D eigenvalue weighted by atomic mass is 10.3. The third-order valence-electron chi connectivity index (χ3n) is 4.39. The van der Waals surface area contributed by atoms with Crippen LogP contribution in [0.5, 0.6) is 11.5 Å². The molecule has 2 aromatic rings. The molecule has 1 fully saturated rings. The second-order valence-corrected chi connectivity index (χ2v) is 8.77. The molecule has 1 saturated heterocycles. The number of sulfonamides is 1. The zero-order valence-corrected chi connectivity index (χ0v) is 17.3. The fourth-order valence-electron chi connectivity index (χ4n) is 2.92. The molecule has 1 aliphatic rings. The molecule has 0 atom stereocenters. The quantitative estimate of drug-likeness (QED) is 0.740. The Bertz CT molecular complexity index is 936. The van der Waals surface area contributed by atoms with E-state index in [-0.39, 0.29) is 29.6 Å². The molecule has 0 bridgehead atoms. The first-order valence-corrected chi connectivity index (χ1v) is 10.5. The van der Waals surface area contributed by atoms with Crippen LogP contribution in [0.1, 0.15) is 10.5 Å².